The fourth-order valence-electron chi connectivity index (χ4n) is 2.04. The lowest BCUT2D eigenvalue weighted by Crippen LogP contribution is -2.05. The molecule has 0 aliphatic heterocycles. The quantitative estimate of drug-likeness (QED) is 0.877. The lowest BCUT2D eigenvalue weighted by Gasteiger charge is -2.12. The Bertz CT molecular complexity index is 706. The third-order valence-corrected chi connectivity index (χ3v) is 3.09. The molecule has 0 fully saturated rings. The first-order chi connectivity index (χ1) is 9.70. The maximum Gasteiger partial charge on any atom is 0.416 e. The van der Waals surface area contributed by atoms with E-state index >= 15 is 0 Å². The van der Waals surface area contributed by atoms with E-state index in [-0.39, 0.29) is 5.56 Å². The number of aromatic hydroxyl groups is 1. The number of rotatable bonds is 2. The summed E-state index contributed by atoms with van der Waals surface area (Å²) in [5.74, 6) is -1.70. The van der Waals surface area contributed by atoms with E-state index in [0.717, 1.165) is 12.1 Å². The van der Waals surface area contributed by atoms with E-state index in [1.54, 1.807) is 0 Å². The van der Waals surface area contributed by atoms with Crippen LogP contribution in [0.2, 0.25) is 0 Å². The first-order valence-electron chi connectivity index (χ1n) is 5.94. The molecule has 0 bridgehead atoms. The summed E-state index contributed by atoms with van der Waals surface area (Å²) in [5, 5.41) is 18.4. The molecule has 0 aromatic heterocycles. The molecule has 0 amide bonds. The monoisotopic (exact) mass is 296 g/mol. The molecular weight excluding hydrogens is 285 g/mol. The largest absolute Gasteiger partial charge is 0.507 e. The highest BCUT2D eigenvalue weighted by Crippen LogP contribution is 2.34. The molecule has 6 heteroatoms. The van der Waals surface area contributed by atoms with Crippen molar-refractivity contribution in [2.75, 3.05) is 0 Å². The Morgan fingerprint density at radius 1 is 1.10 bits per heavy atom. The number of benzene rings is 2. The number of alkyl halides is 3. The number of hydrogen-bond acceptors (Lipinski definition) is 2. The summed E-state index contributed by atoms with van der Waals surface area (Å²) in [5.41, 5.74) is 0.210. The lowest BCUT2D eigenvalue weighted by molar-refractivity contribution is -0.137. The van der Waals surface area contributed by atoms with Crippen molar-refractivity contribution in [2.24, 2.45) is 0 Å². The Morgan fingerprint density at radius 3 is 2.29 bits per heavy atom. The van der Waals surface area contributed by atoms with Crippen molar-refractivity contribution in [1.82, 2.24) is 0 Å². The van der Waals surface area contributed by atoms with Gasteiger partial charge in [0, 0.05) is 0 Å². The molecule has 3 nitrogen and oxygen atoms in total. The van der Waals surface area contributed by atoms with Crippen LogP contribution < -0.4 is 0 Å². The van der Waals surface area contributed by atoms with Gasteiger partial charge in [-0.05, 0) is 47.9 Å². The maximum atomic E-state index is 12.6. The predicted molar refractivity (Wildman–Crippen MR) is 70.2 cm³/mol. The number of carboxylic acids is 1. The van der Waals surface area contributed by atoms with Crippen LogP contribution in [0.25, 0.3) is 11.1 Å². The molecule has 0 radical (unpaired) electrons. The number of aromatic carboxylic acids is 1. The molecule has 2 N–H and O–H groups in total. The van der Waals surface area contributed by atoms with Crippen LogP contribution in [0.4, 0.5) is 13.2 Å². The van der Waals surface area contributed by atoms with Crippen molar-refractivity contribution in [3.63, 3.8) is 0 Å². The van der Waals surface area contributed by atoms with E-state index in [1.165, 1.54) is 31.2 Å². The van der Waals surface area contributed by atoms with Crippen LogP contribution >= 0.6 is 0 Å². The molecule has 0 aliphatic rings. The van der Waals surface area contributed by atoms with Crippen molar-refractivity contribution >= 4 is 5.97 Å². The van der Waals surface area contributed by atoms with Gasteiger partial charge in [0.15, 0.2) is 0 Å². The van der Waals surface area contributed by atoms with Crippen molar-refractivity contribution in [3.8, 4) is 16.9 Å². The summed E-state index contributed by atoms with van der Waals surface area (Å²) in [6.07, 6.45) is -4.43. The molecule has 0 saturated carbocycles. The molecular formula is C15H11F3O3. The Labute approximate surface area is 118 Å². The summed E-state index contributed by atoms with van der Waals surface area (Å²) in [4.78, 5) is 11.0. The molecule has 0 saturated heterocycles. The van der Waals surface area contributed by atoms with Crippen molar-refractivity contribution in [3.05, 3.63) is 53.1 Å². The number of phenols is 1. The third kappa shape index (κ3) is 2.99. The summed E-state index contributed by atoms with van der Waals surface area (Å²) < 4.78 is 37.8. The Hall–Kier alpha value is -2.50. The van der Waals surface area contributed by atoms with Crippen LogP contribution in [0.5, 0.6) is 5.75 Å². The molecule has 2 aromatic carbocycles. The molecule has 21 heavy (non-hydrogen) atoms. The molecule has 2 rings (SSSR count). The summed E-state index contributed by atoms with van der Waals surface area (Å²) in [6, 6.07) is 7.12. The number of carboxylic acid groups (broad SMARTS) is 1. The van der Waals surface area contributed by atoms with Gasteiger partial charge in [-0.1, -0.05) is 12.1 Å². The van der Waals surface area contributed by atoms with E-state index in [2.05, 4.69) is 0 Å². The normalized spacial score (nSPS) is 11.4. The number of hydrogen-bond donors (Lipinski definition) is 2. The van der Waals surface area contributed by atoms with Crippen molar-refractivity contribution < 1.29 is 28.2 Å². The second-order valence-electron chi connectivity index (χ2n) is 4.56. The highest BCUT2D eigenvalue weighted by molar-refractivity contribution is 5.92. The van der Waals surface area contributed by atoms with Gasteiger partial charge in [-0.3, -0.25) is 0 Å². The maximum absolute atomic E-state index is 12.6. The van der Waals surface area contributed by atoms with Crippen LogP contribution in [0.3, 0.4) is 0 Å². The molecule has 0 aliphatic carbocycles. The highest BCUT2D eigenvalue weighted by atomic mass is 19.4. The molecule has 0 spiro atoms. The third-order valence-electron chi connectivity index (χ3n) is 3.09. The SMILES string of the molecule is Cc1cc(C(F)(F)F)ccc1-c1ccc(O)c(C(=O)O)c1. The second kappa shape index (κ2) is 5.12. The average molecular weight is 296 g/mol. The van der Waals surface area contributed by atoms with Gasteiger partial charge < -0.3 is 10.2 Å². The Balaban J connectivity index is 2.53. The standard InChI is InChI=1S/C15H11F3O3/c1-8-6-10(15(16,17)18)3-4-11(8)9-2-5-13(19)12(7-9)14(20)21/h2-7,19H,1H3,(H,20,21). The fourth-order valence-corrected chi connectivity index (χ4v) is 2.04. The van der Waals surface area contributed by atoms with Gasteiger partial charge in [0.05, 0.1) is 5.56 Å². The van der Waals surface area contributed by atoms with Crippen LogP contribution in [0, 0.1) is 6.92 Å². The van der Waals surface area contributed by atoms with Crippen LogP contribution in [-0.2, 0) is 6.18 Å². The minimum atomic E-state index is -4.43. The van der Waals surface area contributed by atoms with Gasteiger partial charge in [-0.2, -0.15) is 13.2 Å². The highest BCUT2D eigenvalue weighted by Gasteiger charge is 2.30. The number of carbonyl (C=O) groups is 1. The molecule has 0 heterocycles. The van der Waals surface area contributed by atoms with Crippen LogP contribution in [-0.4, -0.2) is 16.2 Å². The molecule has 2 aromatic rings. The van der Waals surface area contributed by atoms with Gasteiger partial charge in [0.1, 0.15) is 11.3 Å². The van der Waals surface area contributed by atoms with Gasteiger partial charge >= 0.3 is 12.1 Å². The number of aryl methyl sites for hydroxylation is 1. The fraction of sp³-hybridized carbons (Fsp3) is 0.133. The molecule has 0 atom stereocenters. The summed E-state index contributed by atoms with van der Waals surface area (Å²) in [7, 11) is 0. The number of halogens is 3. The van der Waals surface area contributed by atoms with E-state index in [1.807, 2.05) is 0 Å². The zero-order chi connectivity index (χ0) is 15.8. The first-order valence-corrected chi connectivity index (χ1v) is 5.94. The van der Waals surface area contributed by atoms with E-state index in [0.29, 0.717) is 16.7 Å². The molecule has 110 valence electrons. The van der Waals surface area contributed by atoms with Crippen molar-refractivity contribution in [2.45, 2.75) is 13.1 Å². The zero-order valence-electron chi connectivity index (χ0n) is 10.9. The van der Waals surface area contributed by atoms with Crippen molar-refractivity contribution in [1.29, 1.82) is 0 Å². The summed E-state index contributed by atoms with van der Waals surface area (Å²) >= 11 is 0. The lowest BCUT2D eigenvalue weighted by atomic mass is 9.96. The van der Waals surface area contributed by atoms with E-state index in [4.69, 9.17) is 5.11 Å². The molecule has 0 unspecified atom stereocenters. The van der Waals surface area contributed by atoms with E-state index < -0.39 is 23.5 Å². The van der Waals surface area contributed by atoms with Gasteiger partial charge in [0.25, 0.3) is 0 Å². The predicted octanol–water partition coefficient (Wildman–Crippen LogP) is 4.08. The topological polar surface area (TPSA) is 57.5 Å². The summed E-state index contributed by atoms with van der Waals surface area (Å²) in [6.45, 7) is 1.51. The zero-order valence-corrected chi connectivity index (χ0v) is 10.9. The van der Waals surface area contributed by atoms with Crippen LogP contribution in [0.15, 0.2) is 36.4 Å². The average Bonchev–Trinajstić information content (AvgIpc) is 2.38. The Morgan fingerprint density at radius 2 is 1.76 bits per heavy atom. The second-order valence-corrected chi connectivity index (χ2v) is 4.56. The van der Waals surface area contributed by atoms with Gasteiger partial charge in [-0.15, -0.1) is 0 Å². The minimum absolute atomic E-state index is 0.299. The first kappa shape index (κ1) is 14.9. The van der Waals surface area contributed by atoms with Gasteiger partial charge in [-0.25, -0.2) is 4.79 Å². The smallest absolute Gasteiger partial charge is 0.416 e. The van der Waals surface area contributed by atoms with Crippen LogP contribution in [0.1, 0.15) is 21.5 Å². The minimum Gasteiger partial charge on any atom is -0.507 e. The Kier molecular flexibility index (Phi) is 3.63. The van der Waals surface area contributed by atoms with Gasteiger partial charge in [0.2, 0.25) is 0 Å². The van der Waals surface area contributed by atoms with E-state index in [9.17, 15) is 23.1 Å².